The second-order valence-corrected chi connectivity index (χ2v) is 5.87. The number of hydrogen-bond acceptors (Lipinski definition) is 5. The van der Waals surface area contributed by atoms with Gasteiger partial charge < -0.3 is 14.2 Å². The van der Waals surface area contributed by atoms with Gasteiger partial charge in [0.1, 0.15) is 0 Å². The molecule has 0 aliphatic carbocycles. The maximum Gasteiger partial charge on any atom is 0.271 e. The van der Waals surface area contributed by atoms with Crippen LogP contribution in [-0.2, 0) is 0 Å². The van der Waals surface area contributed by atoms with Crippen LogP contribution < -0.4 is 19.6 Å². The summed E-state index contributed by atoms with van der Waals surface area (Å²) in [6, 6.07) is 12.9. The number of carbonyl (C=O) groups excluding carboxylic acids is 1. The first-order chi connectivity index (χ1) is 12.5. The second kappa shape index (κ2) is 8.89. The normalized spacial score (nSPS) is 11.2. The van der Waals surface area contributed by atoms with Crippen LogP contribution in [0, 0.1) is 5.92 Å². The summed E-state index contributed by atoms with van der Waals surface area (Å²) < 4.78 is 15.8. The van der Waals surface area contributed by atoms with Crippen LogP contribution in [0.3, 0.4) is 0 Å². The van der Waals surface area contributed by atoms with Gasteiger partial charge in [0.05, 0.1) is 27.0 Å². The van der Waals surface area contributed by atoms with Crippen molar-refractivity contribution in [3.63, 3.8) is 0 Å². The lowest BCUT2D eigenvalue weighted by atomic mass is 10.0. The lowest BCUT2D eigenvalue weighted by Crippen LogP contribution is -2.22. The highest BCUT2D eigenvalue weighted by atomic mass is 16.5. The van der Waals surface area contributed by atoms with Crippen molar-refractivity contribution in [3.05, 3.63) is 53.6 Å². The zero-order valence-electron chi connectivity index (χ0n) is 15.7. The largest absolute Gasteiger partial charge is 0.493 e. The van der Waals surface area contributed by atoms with Crippen LogP contribution in [0.1, 0.15) is 29.8 Å². The van der Waals surface area contributed by atoms with E-state index in [1.807, 2.05) is 44.2 Å². The van der Waals surface area contributed by atoms with Crippen LogP contribution >= 0.6 is 0 Å². The number of benzene rings is 2. The molecule has 2 aromatic rings. The molecule has 0 aromatic heterocycles. The minimum atomic E-state index is -0.363. The van der Waals surface area contributed by atoms with Crippen molar-refractivity contribution in [2.75, 3.05) is 21.3 Å². The van der Waals surface area contributed by atoms with Crippen LogP contribution in [0.15, 0.2) is 47.6 Å². The SMILES string of the molecule is COc1cc(C(=O)N/N=C(/c2ccccc2)C(C)C)cc(OC)c1OC. The van der Waals surface area contributed by atoms with Gasteiger partial charge in [-0.1, -0.05) is 44.2 Å². The molecule has 26 heavy (non-hydrogen) atoms. The Bertz CT molecular complexity index is 761. The Morgan fingerprint density at radius 1 is 0.923 bits per heavy atom. The maximum absolute atomic E-state index is 12.6. The molecule has 6 nitrogen and oxygen atoms in total. The van der Waals surface area contributed by atoms with Crippen molar-refractivity contribution < 1.29 is 19.0 Å². The van der Waals surface area contributed by atoms with E-state index in [0.29, 0.717) is 22.8 Å². The first-order valence-corrected chi connectivity index (χ1v) is 8.25. The van der Waals surface area contributed by atoms with Gasteiger partial charge in [-0.05, 0) is 23.6 Å². The fourth-order valence-electron chi connectivity index (χ4n) is 2.52. The lowest BCUT2D eigenvalue weighted by molar-refractivity contribution is 0.0954. The molecule has 1 amide bonds. The highest BCUT2D eigenvalue weighted by molar-refractivity contribution is 6.03. The molecule has 1 N–H and O–H groups in total. The molecule has 0 fully saturated rings. The standard InChI is InChI=1S/C20H24N2O4/c1-13(2)18(14-9-7-6-8-10-14)21-22-20(23)15-11-16(24-3)19(26-5)17(12-15)25-4/h6-13H,1-5H3,(H,22,23)/b21-18+. The van der Waals surface area contributed by atoms with E-state index in [4.69, 9.17) is 14.2 Å². The number of carbonyl (C=O) groups is 1. The average molecular weight is 356 g/mol. The number of hydrogen-bond donors (Lipinski definition) is 1. The topological polar surface area (TPSA) is 69.2 Å². The summed E-state index contributed by atoms with van der Waals surface area (Å²) in [6.07, 6.45) is 0. The summed E-state index contributed by atoms with van der Waals surface area (Å²) >= 11 is 0. The molecule has 0 saturated carbocycles. The third-order valence-corrected chi connectivity index (χ3v) is 3.82. The van der Waals surface area contributed by atoms with Gasteiger partial charge in [0, 0.05) is 5.56 Å². The van der Waals surface area contributed by atoms with E-state index in [2.05, 4.69) is 10.5 Å². The predicted octanol–water partition coefficient (Wildman–Crippen LogP) is 3.50. The molecule has 2 rings (SSSR count). The van der Waals surface area contributed by atoms with Crippen molar-refractivity contribution in [2.24, 2.45) is 11.0 Å². The van der Waals surface area contributed by atoms with E-state index in [9.17, 15) is 4.79 Å². The Hall–Kier alpha value is -3.02. The fourth-order valence-corrected chi connectivity index (χ4v) is 2.52. The molecular formula is C20H24N2O4. The Balaban J connectivity index is 2.31. The quantitative estimate of drug-likeness (QED) is 0.609. The van der Waals surface area contributed by atoms with Crippen molar-refractivity contribution in [3.8, 4) is 17.2 Å². The predicted molar refractivity (Wildman–Crippen MR) is 101 cm³/mol. The minimum absolute atomic E-state index is 0.151. The third kappa shape index (κ3) is 4.33. The van der Waals surface area contributed by atoms with E-state index in [1.54, 1.807) is 12.1 Å². The first-order valence-electron chi connectivity index (χ1n) is 8.25. The monoisotopic (exact) mass is 356 g/mol. The molecule has 0 aliphatic heterocycles. The Morgan fingerprint density at radius 3 is 1.96 bits per heavy atom. The minimum Gasteiger partial charge on any atom is -0.493 e. The Kier molecular flexibility index (Phi) is 6.60. The van der Waals surface area contributed by atoms with Crippen molar-refractivity contribution in [1.29, 1.82) is 0 Å². The van der Waals surface area contributed by atoms with Crippen LogP contribution in [0.5, 0.6) is 17.2 Å². The van der Waals surface area contributed by atoms with Gasteiger partial charge in [0.15, 0.2) is 11.5 Å². The summed E-state index contributed by atoms with van der Waals surface area (Å²) in [4.78, 5) is 12.6. The van der Waals surface area contributed by atoms with Gasteiger partial charge in [-0.3, -0.25) is 4.79 Å². The first kappa shape index (κ1) is 19.3. The van der Waals surface area contributed by atoms with Gasteiger partial charge in [-0.15, -0.1) is 0 Å². The molecule has 0 heterocycles. The van der Waals surface area contributed by atoms with Gasteiger partial charge in [-0.2, -0.15) is 5.10 Å². The van der Waals surface area contributed by atoms with Crippen molar-refractivity contribution in [2.45, 2.75) is 13.8 Å². The molecule has 0 atom stereocenters. The number of rotatable bonds is 7. The van der Waals surface area contributed by atoms with Crippen LogP contribution in [0.25, 0.3) is 0 Å². The number of hydrazone groups is 1. The Labute approximate surface area is 153 Å². The van der Waals surface area contributed by atoms with Crippen molar-refractivity contribution >= 4 is 11.6 Å². The lowest BCUT2D eigenvalue weighted by Gasteiger charge is -2.14. The fraction of sp³-hybridized carbons (Fsp3) is 0.300. The molecule has 0 saturated heterocycles. The second-order valence-electron chi connectivity index (χ2n) is 5.87. The molecular weight excluding hydrogens is 332 g/mol. The number of amides is 1. The number of ether oxygens (including phenoxy) is 3. The molecule has 0 radical (unpaired) electrons. The van der Waals surface area contributed by atoms with Gasteiger partial charge >= 0.3 is 0 Å². The van der Waals surface area contributed by atoms with Crippen LogP contribution in [-0.4, -0.2) is 32.9 Å². The smallest absolute Gasteiger partial charge is 0.271 e. The van der Waals surface area contributed by atoms with E-state index < -0.39 is 0 Å². The summed E-state index contributed by atoms with van der Waals surface area (Å²) in [5.74, 6) is 1.04. The zero-order valence-corrected chi connectivity index (χ0v) is 15.7. The number of nitrogens with zero attached hydrogens (tertiary/aromatic N) is 1. The maximum atomic E-state index is 12.6. The number of methoxy groups -OCH3 is 3. The summed E-state index contributed by atoms with van der Waals surface area (Å²) in [5.41, 5.74) is 4.74. The molecule has 0 aliphatic rings. The molecule has 0 spiro atoms. The molecule has 2 aromatic carbocycles. The van der Waals surface area contributed by atoms with E-state index >= 15 is 0 Å². The number of nitrogens with one attached hydrogen (secondary N) is 1. The summed E-state index contributed by atoms with van der Waals surface area (Å²) in [7, 11) is 4.52. The van der Waals surface area contributed by atoms with Crippen LogP contribution in [0.4, 0.5) is 0 Å². The highest BCUT2D eigenvalue weighted by Crippen LogP contribution is 2.38. The van der Waals surface area contributed by atoms with Crippen LogP contribution in [0.2, 0.25) is 0 Å². The molecule has 138 valence electrons. The van der Waals surface area contributed by atoms with E-state index in [1.165, 1.54) is 21.3 Å². The Morgan fingerprint density at radius 2 is 1.50 bits per heavy atom. The molecule has 6 heteroatoms. The van der Waals surface area contributed by atoms with Crippen molar-refractivity contribution in [1.82, 2.24) is 5.43 Å². The van der Waals surface area contributed by atoms with E-state index in [-0.39, 0.29) is 11.8 Å². The zero-order chi connectivity index (χ0) is 19.1. The van der Waals surface area contributed by atoms with Gasteiger partial charge in [0.2, 0.25) is 5.75 Å². The molecule has 0 unspecified atom stereocenters. The van der Waals surface area contributed by atoms with Gasteiger partial charge in [0.25, 0.3) is 5.91 Å². The van der Waals surface area contributed by atoms with Gasteiger partial charge in [-0.25, -0.2) is 5.43 Å². The highest BCUT2D eigenvalue weighted by Gasteiger charge is 2.17. The molecule has 0 bridgehead atoms. The van der Waals surface area contributed by atoms with E-state index in [0.717, 1.165) is 11.3 Å². The average Bonchev–Trinajstić information content (AvgIpc) is 2.67. The summed E-state index contributed by atoms with van der Waals surface area (Å²) in [6.45, 7) is 4.05. The summed E-state index contributed by atoms with van der Waals surface area (Å²) in [5, 5.41) is 4.33. The third-order valence-electron chi connectivity index (χ3n) is 3.82.